The van der Waals surface area contributed by atoms with Crippen molar-refractivity contribution in [3.8, 4) is 0 Å². The first-order valence-corrected chi connectivity index (χ1v) is 7.33. The lowest BCUT2D eigenvalue weighted by Crippen LogP contribution is -2.33. The Hall–Kier alpha value is -0.830. The van der Waals surface area contributed by atoms with Crippen molar-refractivity contribution in [1.82, 2.24) is 10.5 Å². The quantitative estimate of drug-likeness (QED) is 0.827. The molecule has 0 bridgehead atoms. The number of nitrogens with zero attached hydrogens (tertiary/aromatic N) is 1. The first kappa shape index (κ1) is 13.6. The van der Waals surface area contributed by atoms with Gasteiger partial charge in [-0.1, -0.05) is 30.8 Å². The minimum atomic E-state index is 0.594. The smallest absolute Gasteiger partial charge is 0.138 e. The van der Waals surface area contributed by atoms with Gasteiger partial charge in [0.15, 0.2) is 0 Å². The van der Waals surface area contributed by atoms with Crippen LogP contribution in [0.25, 0.3) is 0 Å². The van der Waals surface area contributed by atoms with Crippen LogP contribution in [0.3, 0.4) is 0 Å². The van der Waals surface area contributed by atoms with Gasteiger partial charge in [0.2, 0.25) is 0 Å². The third-order valence-electron chi connectivity index (χ3n) is 4.39. The summed E-state index contributed by atoms with van der Waals surface area (Å²) < 4.78 is 5.20. The average molecular weight is 250 g/mol. The van der Waals surface area contributed by atoms with E-state index in [1.807, 2.05) is 13.8 Å². The maximum atomic E-state index is 5.20. The molecule has 1 aliphatic carbocycles. The molecule has 3 heteroatoms. The topological polar surface area (TPSA) is 38.1 Å². The largest absolute Gasteiger partial charge is 0.361 e. The van der Waals surface area contributed by atoms with Gasteiger partial charge in [-0.25, -0.2) is 0 Å². The molecule has 1 aromatic heterocycles. The fourth-order valence-corrected chi connectivity index (χ4v) is 2.99. The molecule has 3 nitrogen and oxygen atoms in total. The highest BCUT2D eigenvalue weighted by atomic mass is 16.5. The molecular weight excluding hydrogens is 224 g/mol. The van der Waals surface area contributed by atoms with Crippen LogP contribution < -0.4 is 5.32 Å². The fourth-order valence-electron chi connectivity index (χ4n) is 2.99. The fraction of sp³-hybridized carbons (Fsp3) is 0.800. The lowest BCUT2D eigenvalue weighted by Gasteiger charge is -2.23. The van der Waals surface area contributed by atoms with E-state index in [4.69, 9.17) is 4.52 Å². The van der Waals surface area contributed by atoms with E-state index in [0.29, 0.717) is 6.04 Å². The first-order chi connectivity index (χ1) is 8.68. The van der Waals surface area contributed by atoms with Crippen LogP contribution in [0.1, 0.15) is 62.5 Å². The van der Waals surface area contributed by atoms with Gasteiger partial charge in [0, 0.05) is 18.2 Å². The van der Waals surface area contributed by atoms with Crippen LogP contribution in [0.5, 0.6) is 0 Å². The Bertz CT molecular complexity index is 345. The standard InChI is InChI=1S/C15H26N2O/c1-11(14-8-6-4-5-7-9-14)16-10-15-12(2)17-18-13(15)3/h11,14,16H,4-10H2,1-3H3/t11-/m1/s1. The van der Waals surface area contributed by atoms with E-state index in [0.717, 1.165) is 23.9 Å². The Morgan fingerprint density at radius 2 is 1.89 bits per heavy atom. The van der Waals surface area contributed by atoms with Crippen LogP contribution in [0.2, 0.25) is 0 Å². The van der Waals surface area contributed by atoms with Gasteiger partial charge < -0.3 is 9.84 Å². The van der Waals surface area contributed by atoms with E-state index >= 15 is 0 Å². The van der Waals surface area contributed by atoms with Gasteiger partial charge in [0.05, 0.1) is 5.69 Å². The summed E-state index contributed by atoms with van der Waals surface area (Å²) in [5, 5.41) is 7.67. The molecule has 1 fully saturated rings. The number of aromatic nitrogens is 1. The molecule has 0 radical (unpaired) electrons. The van der Waals surface area contributed by atoms with Gasteiger partial charge in [0.1, 0.15) is 5.76 Å². The molecule has 18 heavy (non-hydrogen) atoms. The predicted octanol–water partition coefficient (Wildman–Crippen LogP) is 3.74. The summed E-state index contributed by atoms with van der Waals surface area (Å²) in [6.45, 7) is 7.23. The Balaban J connectivity index is 1.85. The third kappa shape index (κ3) is 3.35. The van der Waals surface area contributed by atoms with Crippen molar-refractivity contribution in [3.05, 3.63) is 17.0 Å². The van der Waals surface area contributed by atoms with E-state index in [2.05, 4.69) is 17.4 Å². The Kier molecular flexibility index (Phi) is 4.81. The highest BCUT2D eigenvalue weighted by Crippen LogP contribution is 2.25. The van der Waals surface area contributed by atoms with E-state index < -0.39 is 0 Å². The summed E-state index contributed by atoms with van der Waals surface area (Å²) in [5.41, 5.74) is 2.25. The molecule has 1 atom stereocenters. The number of hydrogen-bond acceptors (Lipinski definition) is 3. The summed E-state index contributed by atoms with van der Waals surface area (Å²) in [4.78, 5) is 0. The zero-order valence-electron chi connectivity index (χ0n) is 12.0. The van der Waals surface area contributed by atoms with Crippen LogP contribution in [0, 0.1) is 19.8 Å². The van der Waals surface area contributed by atoms with Crippen LogP contribution in [0.4, 0.5) is 0 Å². The maximum Gasteiger partial charge on any atom is 0.138 e. The molecule has 1 heterocycles. The minimum absolute atomic E-state index is 0.594. The van der Waals surface area contributed by atoms with Crippen molar-refractivity contribution in [2.24, 2.45) is 5.92 Å². The van der Waals surface area contributed by atoms with Gasteiger partial charge in [-0.2, -0.15) is 0 Å². The predicted molar refractivity (Wildman–Crippen MR) is 73.5 cm³/mol. The second kappa shape index (κ2) is 6.37. The van der Waals surface area contributed by atoms with E-state index in [9.17, 15) is 0 Å². The summed E-state index contributed by atoms with van der Waals surface area (Å²) in [5.74, 6) is 1.79. The summed E-state index contributed by atoms with van der Waals surface area (Å²) in [7, 11) is 0. The van der Waals surface area contributed by atoms with Crippen LogP contribution in [-0.2, 0) is 6.54 Å². The lowest BCUT2D eigenvalue weighted by atomic mass is 9.93. The van der Waals surface area contributed by atoms with Gasteiger partial charge in [-0.15, -0.1) is 0 Å². The molecule has 1 saturated carbocycles. The van der Waals surface area contributed by atoms with Gasteiger partial charge in [-0.05, 0) is 39.5 Å². The zero-order valence-corrected chi connectivity index (χ0v) is 12.0. The number of aryl methyl sites for hydroxylation is 2. The maximum absolute atomic E-state index is 5.20. The third-order valence-corrected chi connectivity index (χ3v) is 4.39. The van der Waals surface area contributed by atoms with Crippen molar-refractivity contribution in [2.75, 3.05) is 0 Å². The van der Waals surface area contributed by atoms with Gasteiger partial charge in [-0.3, -0.25) is 0 Å². The summed E-state index contributed by atoms with van der Waals surface area (Å²) in [6.07, 6.45) is 8.43. The van der Waals surface area contributed by atoms with Crippen molar-refractivity contribution in [3.63, 3.8) is 0 Å². The van der Waals surface area contributed by atoms with E-state index in [1.54, 1.807) is 0 Å². The molecule has 0 spiro atoms. The molecule has 2 rings (SSSR count). The molecule has 0 amide bonds. The molecule has 102 valence electrons. The number of hydrogen-bond donors (Lipinski definition) is 1. The minimum Gasteiger partial charge on any atom is -0.361 e. The van der Waals surface area contributed by atoms with Crippen molar-refractivity contribution in [2.45, 2.75) is 71.9 Å². The number of nitrogens with one attached hydrogen (secondary N) is 1. The molecule has 1 aliphatic rings. The molecule has 1 aromatic rings. The Morgan fingerprint density at radius 3 is 2.44 bits per heavy atom. The monoisotopic (exact) mass is 250 g/mol. The highest BCUT2D eigenvalue weighted by Gasteiger charge is 2.19. The Labute approximate surface area is 110 Å². The van der Waals surface area contributed by atoms with Gasteiger partial charge in [0.25, 0.3) is 0 Å². The van der Waals surface area contributed by atoms with Crippen LogP contribution >= 0.6 is 0 Å². The summed E-state index contributed by atoms with van der Waals surface area (Å²) in [6, 6.07) is 0.594. The molecular formula is C15H26N2O. The van der Waals surface area contributed by atoms with Crippen molar-refractivity contribution < 1.29 is 4.52 Å². The van der Waals surface area contributed by atoms with Gasteiger partial charge >= 0.3 is 0 Å². The zero-order chi connectivity index (χ0) is 13.0. The normalized spacial score (nSPS) is 19.7. The van der Waals surface area contributed by atoms with E-state index in [-0.39, 0.29) is 0 Å². The Morgan fingerprint density at radius 1 is 1.22 bits per heavy atom. The highest BCUT2D eigenvalue weighted by molar-refractivity contribution is 5.20. The average Bonchev–Trinajstić information content (AvgIpc) is 2.61. The van der Waals surface area contributed by atoms with Crippen LogP contribution in [-0.4, -0.2) is 11.2 Å². The molecule has 0 aliphatic heterocycles. The second-order valence-corrected chi connectivity index (χ2v) is 5.72. The first-order valence-electron chi connectivity index (χ1n) is 7.33. The second-order valence-electron chi connectivity index (χ2n) is 5.72. The van der Waals surface area contributed by atoms with Crippen molar-refractivity contribution in [1.29, 1.82) is 0 Å². The lowest BCUT2D eigenvalue weighted by molar-refractivity contribution is 0.335. The molecule has 0 saturated heterocycles. The SMILES string of the molecule is Cc1noc(C)c1CN[C@H](C)C1CCCCCC1. The summed E-state index contributed by atoms with van der Waals surface area (Å²) >= 11 is 0. The molecule has 1 N–H and O–H groups in total. The molecule has 0 aromatic carbocycles. The number of rotatable bonds is 4. The van der Waals surface area contributed by atoms with E-state index in [1.165, 1.54) is 44.1 Å². The van der Waals surface area contributed by atoms with Crippen molar-refractivity contribution >= 4 is 0 Å². The molecule has 0 unspecified atom stereocenters. The van der Waals surface area contributed by atoms with Crippen LogP contribution in [0.15, 0.2) is 4.52 Å².